The van der Waals surface area contributed by atoms with Gasteiger partial charge in [0.1, 0.15) is 5.82 Å². The number of amides is 1. The van der Waals surface area contributed by atoms with Crippen molar-refractivity contribution in [2.45, 2.75) is 11.8 Å². The third kappa shape index (κ3) is 4.35. The Morgan fingerprint density at radius 2 is 1.67 bits per heavy atom. The molecule has 2 aromatic rings. The number of nitrogens with zero attached hydrogens (tertiary/aromatic N) is 2. The van der Waals surface area contributed by atoms with Crippen molar-refractivity contribution >= 4 is 21.6 Å². The van der Waals surface area contributed by atoms with E-state index in [0.717, 1.165) is 6.54 Å². The Bertz CT molecular complexity index is 908. The third-order valence-corrected chi connectivity index (χ3v) is 6.56. The van der Waals surface area contributed by atoms with Crippen molar-refractivity contribution in [3.05, 3.63) is 59.9 Å². The van der Waals surface area contributed by atoms with Crippen LogP contribution in [0.1, 0.15) is 17.3 Å². The summed E-state index contributed by atoms with van der Waals surface area (Å²) in [5.74, 6) is -1.19. The second-order valence-corrected chi connectivity index (χ2v) is 8.23. The molecular formula is C19H22FN3O3S. The summed E-state index contributed by atoms with van der Waals surface area (Å²) >= 11 is 0. The lowest BCUT2D eigenvalue weighted by molar-refractivity contribution is 0.102. The molecule has 1 amide bonds. The van der Waals surface area contributed by atoms with Crippen LogP contribution < -0.4 is 5.32 Å². The summed E-state index contributed by atoms with van der Waals surface area (Å²) in [6.45, 7) is 5.31. The molecule has 1 N–H and O–H groups in total. The van der Waals surface area contributed by atoms with E-state index in [-0.39, 0.29) is 10.5 Å². The van der Waals surface area contributed by atoms with Crippen LogP contribution in [0.2, 0.25) is 0 Å². The fourth-order valence-electron chi connectivity index (χ4n) is 2.99. The lowest BCUT2D eigenvalue weighted by Gasteiger charge is -2.33. The summed E-state index contributed by atoms with van der Waals surface area (Å²) in [4.78, 5) is 14.5. The van der Waals surface area contributed by atoms with Crippen LogP contribution in [0.25, 0.3) is 0 Å². The lowest BCUT2D eigenvalue weighted by atomic mass is 10.2. The van der Waals surface area contributed by atoms with Crippen LogP contribution in [0.15, 0.2) is 53.4 Å². The molecule has 0 saturated carbocycles. The van der Waals surface area contributed by atoms with Gasteiger partial charge >= 0.3 is 0 Å². The van der Waals surface area contributed by atoms with Crippen LogP contribution in [0.5, 0.6) is 0 Å². The number of hydrogen-bond donors (Lipinski definition) is 1. The average Bonchev–Trinajstić information content (AvgIpc) is 2.68. The second-order valence-electron chi connectivity index (χ2n) is 6.30. The number of halogens is 1. The summed E-state index contributed by atoms with van der Waals surface area (Å²) in [6.07, 6.45) is 0. The van der Waals surface area contributed by atoms with Gasteiger partial charge < -0.3 is 10.2 Å². The lowest BCUT2D eigenvalue weighted by Crippen LogP contribution is -2.48. The van der Waals surface area contributed by atoms with E-state index in [4.69, 9.17) is 0 Å². The van der Waals surface area contributed by atoms with E-state index in [2.05, 4.69) is 17.1 Å². The van der Waals surface area contributed by atoms with Crippen molar-refractivity contribution in [2.24, 2.45) is 0 Å². The minimum Gasteiger partial charge on any atom is -0.322 e. The largest absolute Gasteiger partial charge is 0.322 e. The van der Waals surface area contributed by atoms with Crippen LogP contribution in [-0.4, -0.2) is 56.3 Å². The van der Waals surface area contributed by atoms with Crippen LogP contribution >= 0.6 is 0 Å². The van der Waals surface area contributed by atoms with Gasteiger partial charge in [-0.25, -0.2) is 12.8 Å². The van der Waals surface area contributed by atoms with Gasteiger partial charge in [0.05, 0.1) is 10.5 Å². The fourth-order valence-corrected chi connectivity index (χ4v) is 4.41. The third-order valence-electron chi connectivity index (χ3n) is 4.65. The highest BCUT2D eigenvalue weighted by Crippen LogP contribution is 2.20. The topological polar surface area (TPSA) is 69.7 Å². The maximum absolute atomic E-state index is 13.7. The molecule has 8 heteroatoms. The van der Waals surface area contributed by atoms with Crippen molar-refractivity contribution < 1.29 is 17.6 Å². The first-order chi connectivity index (χ1) is 12.9. The fraction of sp³-hybridized carbons (Fsp3) is 0.316. The second kappa shape index (κ2) is 8.16. The number of carbonyl (C=O) groups excluding carboxylic acids is 1. The van der Waals surface area contributed by atoms with Crippen LogP contribution in [-0.2, 0) is 10.0 Å². The number of benzene rings is 2. The van der Waals surface area contributed by atoms with E-state index in [1.54, 1.807) is 6.07 Å². The molecule has 27 heavy (non-hydrogen) atoms. The zero-order valence-corrected chi connectivity index (χ0v) is 15.9. The van der Waals surface area contributed by atoms with Crippen molar-refractivity contribution in [1.29, 1.82) is 0 Å². The standard InChI is InChI=1S/C19H22FN3O3S/c1-2-22-11-13-23(14-12-22)27(25,26)16-9-7-15(8-10-16)21-19(24)17-5-3-4-6-18(17)20/h3-10H,2,11-14H2,1H3,(H,21,24). The van der Waals surface area contributed by atoms with Gasteiger partial charge in [-0.1, -0.05) is 19.1 Å². The smallest absolute Gasteiger partial charge is 0.258 e. The van der Waals surface area contributed by atoms with Gasteiger partial charge in [0.2, 0.25) is 10.0 Å². The summed E-state index contributed by atoms with van der Waals surface area (Å²) in [5.41, 5.74) is 0.334. The van der Waals surface area contributed by atoms with Gasteiger partial charge in [-0.05, 0) is 42.9 Å². The number of piperazine rings is 1. The predicted octanol–water partition coefficient (Wildman–Crippen LogP) is 2.40. The molecule has 0 radical (unpaired) electrons. The molecule has 1 fully saturated rings. The number of hydrogen-bond acceptors (Lipinski definition) is 4. The molecule has 0 aromatic heterocycles. The SMILES string of the molecule is CCN1CCN(S(=O)(=O)c2ccc(NC(=O)c3ccccc3F)cc2)CC1. The quantitative estimate of drug-likeness (QED) is 0.850. The van der Waals surface area contributed by atoms with Crippen LogP contribution in [0.4, 0.5) is 10.1 Å². The van der Waals surface area contributed by atoms with E-state index < -0.39 is 21.7 Å². The van der Waals surface area contributed by atoms with E-state index in [1.807, 2.05) is 0 Å². The monoisotopic (exact) mass is 391 g/mol. The Hall–Kier alpha value is -2.29. The van der Waals surface area contributed by atoms with Crippen LogP contribution in [0.3, 0.4) is 0 Å². The Morgan fingerprint density at radius 3 is 2.26 bits per heavy atom. The van der Waals surface area contributed by atoms with Gasteiger partial charge in [-0.15, -0.1) is 0 Å². The Morgan fingerprint density at radius 1 is 1.04 bits per heavy atom. The van der Waals surface area contributed by atoms with E-state index in [1.165, 1.54) is 46.8 Å². The zero-order chi connectivity index (χ0) is 19.4. The highest BCUT2D eigenvalue weighted by Gasteiger charge is 2.27. The van der Waals surface area contributed by atoms with Gasteiger partial charge in [-0.3, -0.25) is 4.79 Å². The van der Waals surface area contributed by atoms with Crippen molar-refractivity contribution in [1.82, 2.24) is 9.21 Å². The van der Waals surface area contributed by atoms with E-state index >= 15 is 0 Å². The van der Waals surface area contributed by atoms with Crippen LogP contribution in [0, 0.1) is 5.82 Å². The highest BCUT2D eigenvalue weighted by molar-refractivity contribution is 7.89. The highest BCUT2D eigenvalue weighted by atomic mass is 32.2. The first-order valence-corrected chi connectivity index (χ1v) is 10.2. The molecule has 0 aliphatic carbocycles. The van der Waals surface area contributed by atoms with Crippen molar-refractivity contribution in [2.75, 3.05) is 38.0 Å². The van der Waals surface area contributed by atoms with E-state index in [0.29, 0.717) is 31.9 Å². The molecule has 0 spiro atoms. The summed E-state index contributed by atoms with van der Waals surface area (Å²) in [6, 6.07) is 11.6. The molecule has 0 unspecified atom stereocenters. The molecule has 0 bridgehead atoms. The number of sulfonamides is 1. The minimum absolute atomic E-state index is 0.0667. The number of carbonyl (C=O) groups is 1. The van der Waals surface area contributed by atoms with Crippen molar-refractivity contribution in [3.8, 4) is 0 Å². The first-order valence-electron chi connectivity index (χ1n) is 8.80. The molecule has 6 nitrogen and oxygen atoms in total. The maximum Gasteiger partial charge on any atom is 0.258 e. The van der Waals surface area contributed by atoms with E-state index in [9.17, 15) is 17.6 Å². The molecule has 1 aliphatic rings. The first kappa shape index (κ1) is 19.5. The molecule has 2 aromatic carbocycles. The average molecular weight is 391 g/mol. The molecule has 1 heterocycles. The number of nitrogens with one attached hydrogen (secondary N) is 1. The Balaban J connectivity index is 1.70. The van der Waals surface area contributed by atoms with Gasteiger partial charge in [-0.2, -0.15) is 4.31 Å². The van der Waals surface area contributed by atoms with Gasteiger partial charge in [0.25, 0.3) is 5.91 Å². The molecule has 144 valence electrons. The summed E-state index contributed by atoms with van der Waals surface area (Å²) < 4.78 is 40.7. The van der Waals surface area contributed by atoms with Crippen molar-refractivity contribution in [3.63, 3.8) is 0 Å². The molecule has 0 atom stereocenters. The normalized spacial score (nSPS) is 16.2. The Kier molecular flexibility index (Phi) is 5.88. The number of rotatable bonds is 5. The molecule has 3 rings (SSSR count). The molecule has 1 saturated heterocycles. The minimum atomic E-state index is -3.56. The van der Waals surface area contributed by atoms with Gasteiger partial charge in [0.15, 0.2) is 0 Å². The molecular weight excluding hydrogens is 369 g/mol. The van der Waals surface area contributed by atoms with Gasteiger partial charge in [0, 0.05) is 31.9 Å². The number of likely N-dealkylation sites (N-methyl/N-ethyl adjacent to an activating group) is 1. The number of anilines is 1. The maximum atomic E-state index is 13.7. The zero-order valence-electron chi connectivity index (χ0n) is 15.1. The summed E-state index contributed by atoms with van der Waals surface area (Å²) in [7, 11) is -3.56. The summed E-state index contributed by atoms with van der Waals surface area (Å²) in [5, 5.41) is 2.58. The Labute approximate surface area is 158 Å². The predicted molar refractivity (Wildman–Crippen MR) is 102 cm³/mol. The molecule has 1 aliphatic heterocycles.